The number of rotatable bonds is 12. The van der Waals surface area contributed by atoms with E-state index < -0.39 is 5.66 Å². The molecule has 0 spiro atoms. The Hall–Kier alpha value is -7.04. The maximum absolute atomic E-state index is 2.73. The molecule has 0 aromatic heterocycles. The second-order valence-corrected chi connectivity index (χ2v) is 22.9. The number of hydrogen-bond acceptors (Lipinski definition) is 4. The molecule has 0 fully saturated rings. The second-order valence-electron chi connectivity index (χ2n) is 22.9. The molecule has 3 aliphatic rings. The Morgan fingerprint density at radius 3 is 1.00 bits per heavy atom. The van der Waals surface area contributed by atoms with Gasteiger partial charge in [0.15, 0.2) is 5.66 Å². The summed E-state index contributed by atoms with van der Waals surface area (Å²) in [6, 6.07) is 65.5. The van der Waals surface area contributed by atoms with E-state index >= 15 is 0 Å². The summed E-state index contributed by atoms with van der Waals surface area (Å²) in [5.74, 6) is 2.47. The van der Waals surface area contributed by atoms with Crippen LogP contribution in [0.4, 0.5) is 34.1 Å². The van der Waals surface area contributed by atoms with Crippen LogP contribution in [0.1, 0.15) is 163 Å². The van der Waals surface area contributed by atoms with Crippen LogP contribution in [0, 0.1) is 0 Å². The van der Waals surface area contributed by atoms with Crippen molar-refractivity contribution in [1.29, 1.82) is 0 Å². The molecule has 1 aliphatic carbocycles. The smallest absolute Gasteiger partial charge is 0.170 e. The van der Waals surface area contributed by atoms with Crippen molar-refractivity contribution in [2.45, 2.75) is 124 Å². The van der Waals surface area contributed by atoms with E-state index in [0.717, 1.165) is 0 Å². The van der Waals surface area contributed by atoms with Gasteiger partial charge in [0.25, 0.3) is 0 Å². The third-order valence-electron chi connectivity index (χ3n) is 16.3. The first-order chi connectivity index (χ1) is 35.2. The van der Waals surface area contributed by atoms with Crippen LogP contribution in [-0.4, -0.2) is 13.3 Å². The van der Waals surface area contributed by atoms with Gasteiger partial charge in [0, 0.05) is 22.5 Å². The molecule has 0 amide bonds. The number of fused-ring (bicyclic) bond motifs is 5. The molecule has 73 heavy (non-hydrogen) atoms. The van der Waals surface area contributed by atoms with Gasteiger partial charge >= 0.3 is 0 Å². The normalized spacial score (nSPS) is 14.7. The molecule has 0 bridgehead atoms. The summed E-state index contributed by atoms with van der Waals surface area (Å²) in [4.78, 5) is 10.6. The molecule has 8 aromatic carbocycles. The van der Waals surface area contributed by atoms with Crippen molar-refractivity contribution in [1.82, 2.24) is 0 Å². The minimum absolute atomic E-state index is 0.386. The van der Waals surface area contributed by atoms with E-state index in [1.807, 2.05) is 0 Å². The van der Waals surface area contributed by atoms with Gasteiger partial charge in [0.05, 0.1) is 36.1 Å². The number of anilines is 6. The van der Waals surface area contributed by atoms with E-state index in [1.54, 1.807) is 0 Å². The predicted molar refractivity (Wildman–Crippen MR) is 313 cm³/mol. The van der Waals surface area contributed by atoms with Gasteiger partial charge in [-0.3, -0.25) is 0 Å². The van der Waals surface area contributed by atoms with Crippen molar-refractivity contribution in [3.05, 3.63) is 214 Å². The average molecular weight is 959 g/mol. The Bertz CT molecular complexity index is 3090. The summed E-state index contributed by atoms with van der Waals surface area (Å²) in [7, 11) is 0. The molecule has 4 heteroatoms. The van der Waals surface area contributed by atoms with Crippen LogP contribution < -0.4 is 19.6 Å². The number of hydrogen-bond donors (Lipinski definition) is 0. The average Bonchev–Trinajstić information content (AvgIpc) is 4.07. The third-order valence-corrected chi connectivity index (χ3v) is 16.3. The minimum Gasteiger partial charge on any atom is -0.321 e. The van der Waals surface area contributed by atoms with Gasteiger partial charge in [0.1, 0.15) is 0 Å². The van der Waals surface area contributed by atoms with Crippen LogP contribution in [0.5, 0.6) is 0 Å². The number of para-hydroxylation sites is 4. The largest absolute Gasteiger partial charge is 0.321 e. The lowest BCUT2D eigenvalue weighted by molar-refractivity contribution is 0.472. The zero-order valence-electron chi connectivity index (χ0n) is 45.3. The Balaban J connectivity index is 1.08. The fourth-order valence-corrected chi connectivity index (χ4v) is 12.6. The Morgan fingerprint density at radius 1 is 0.329 bits per heavy atom. The summed E-state index contributed by atoms with van der Waals surface area (Å²) in [6.45, 7) is 29.4. The molecular weight excluding hydrogens is 885 g/mol. The highest BCUT2D eigenvalue weighted by molar-refractivity contribution is 5.95. The van der Waals surface area contributed by atoms with Crippen molar-refractivity contribution >= 4 is 34.1 Å². The Kier molecular flexibility index (Phi) is 12.4. The predicted octanol–water partition coefficient (Wildman–Crippen LogP) is 19.2. The summed E-state index contributed by atoms with van der Waals surface area (Å²) in [5, 5.41) is 0. The van der Waals surface area contributed by atoms with E-state index in [4.69, 9.17) is 0 Å². The van der Waals surface area contributed by atoms with Gasteiger partial charge < -0.3 is 19.6 Å². The fraction of sp³-hybridized carbons (Fsp3) is 0.304. The molecule has 8 aromatic rings. The third kappa shape index (κ3) is 7.86. The van der Waals surface area contributed by atoms with E-state index in [2.05, 4.69) is 273 Å². The molecule has 2 heterocycles. The summed E-state index contributed by atoms with van der Waals surface area (Å²) < 4.78 is 0. The molecule has 0 unspecified atom stereocenters. The monoisotopic (exact) mass is 959 g/mol. The van der Waals surface area contributed by atoms with Gasteiger partial charge in [0.2, 0.25) is 0 Å². The molecule has 4 nitrogen and oxygen atoms in total. The van der Waals surface area contributed by atoms with Gasteiger partial charge in [-0.2, -0.15) is 0 Å². The number of benzene rings is 8. The van der Waals surface area contributed by atoms with Crippen LogP contribution in [0.2, 0.25) is 0 Å². The summed E-state index contributed by atoms with van der Waals surface area (Å²) in [5.41, 5.74) is 25.6. The molecular formula is C69H74N4. The van der Waals surface area contributed by atoms with Crippen molar-refractivity contribution in [2.24, 2.45) is 0 Å². The topological polar surface area (TPSA) is 13.0 Å². The van der Waals surface area contributed by atoms with Crippen molar-refractivity contribution in [3.8, 4) is 33.4 Å². The van der Waals surface area contributed by atoms with Gasteiger partial charge in [-0.25, -0.2) is 0 Å². The lowest BCUT2D eigenvalue weighted by atomic mass is 9.81. The maximum atomic E-state index is 2.73. The zero-order valence-corrected chi connectivity index (χ0v) is 45.3. The highest BCUT2D eigenvalue weighted by atomic mass is 15.5. The fourth-order valence-electron chi connectivity index (χ4n) is 12.6. The standard InChI is InChI=1S/C69H74N4/c1-43(2)51-37-57(45(5)6)67(58(38-51)46(7)8)49-23-21-25-53(35-49)70-41-72(65-33-19-17-31-63(65)70)69(61-29-15-13-27-55(61)56-28-14-16-30-62(56)69)73-42-71(64-32-18-20-34-66(64)73)54-26-22-24-50(36-54)68-59(47(9)10)39-52(44(3)4)40-60(68)48(11)12/h13-40,43-48H,41-42H2,1-12H3. The lowest BCUT2D eigenvalue weighted by Gasteiger charge is -2.49. The first-order valence-electron chi connectivity index (χ1n) is 27.2. The van der Waals surface area contributed by atoms with Crippen molar-refractivity contribution in [3.63, 3.8) is 0 Å². The molecule has 2 aliphatic heterocycles. The van der Waals surface area contributed by atoms with Crippen LogP contribution in [0.15, 0.2) is 170 Å². The van der Waals surface area contributed by atoms with Crippen molar-refractivity contribution < 1.29 is 0 Å². The molecule has 0 radical (unpaired) electrons. The highest BCUT2D eigenvalue weighted by Gasteiger charge is 2.57. The Labute approximate surface area is 437 Å². The molecule has 0 N–H and O–H groups in total. The van der Waals surface area contributed by atoms with Crippen molar-refractivity contribution in [2.75, 3.05) is 32.9 Å². The summed E-state index contributed by atoms with van der Waals surface area (Å²) in [6.07, 6.45) is 0. The van der Waals surface area contributed by atoms with Crippen LogP contribution in [0.3, 0.4) is 0 Å². The van der Waals surface area contributed by atoms with Gasteiger partial charge in [-0.1, -0.05) is 204 Å². The van der Waals surface area contributed by atoms with E-state index in [0.29, 0.717) is 48.8 Å². The minimum atomic E-state index is -0.720. The van der Waals surface area contributed by atoms with E-state index in [9.17, 15) is 0 Å². The Morgan fingerprint density at radius 2 is 0.658 bits per heavy atom. The second kappa shape index (κ2) is 18.8. The van der Waals surface area contributed by atoms with Gasteiger partial charge in [-0.05, 0) is 151 Å². The maximum Gasteiger partial charge on any atom is 0.170 e. The quantitative estimate of drug-likeness (QED) is 0.121. The SMILES string of the molecule is CC(C)c1cc(C(C)C)c(-c2cccc(N3CN(C4(N5CN(c6cccc(-c7c(C(C)C)cc(C(C)C)cc7C(C)C)c6)c6ccccc65)c5ccccc5-c5ccccc54)c4ccccc43)c2)c(C(C)C)c1. The summed E-state index contributed by atoms with van der Waals surface area (Å²) >= 11 is 0. The first kappa shape index (κ1) is 48.2. The first-order valence-corrected chi connectivity index (χ1v) is 27.2. The van der Waals surface area contributed by atoms with Crippen LogP contribution in [-0.2, 0) is 5.66 Å². The van der Waals surface area contributed by atoms with E-state index in [1.165, 1.54) is 112 Å². The molecule has 0 saturated carbocycles. The number of nitrogens with zero attached hydrogens (tertiary/aromatic N) is 4. The molecule has 0 saturated heterocycles. The molecule has 11 rings (SSSR count). The lowest BCUT2D eigenvalue weighted by Crippen LogP contribution is -2.59. The van der Waals surface area contributed by atoms with Gasteiger partial charge in [-0.15, -0.1) is 0 Å². The molecule has 0 atom stereocenters. The van der Waals surface area contributed by atoms with E-state index in [-0.39, 0.29) is 0 Å². The van der Waals surface area contributed by atoms with Crippen LogP contribution in [0.25, 0.3) is 33.4 Å². The zero-order chi connectivity index (χ0) is 51.0. The van der Waals surface area contributed by atoms with Crippen LogP contribution >= 0.6 is 0 Å². The molecule has 370 valence electrons. The highest BCUT2D eigenvalue weighted by Crippen LogP contribution is 2.61.